The second-order valence-electron chi connectivity index (χ2n) is 16.5. The number of benzene rings is 2. The molecule has 2 heterocycles. The number of likely N-dealkylation sites (N-methyl/N-ethyl adjacent to an activating group) is 1. The smallest absolute Gasteiger partial charge is 0.482 e. The lowest BCUT2D eigenvalue weighted by Gasteiger charge is -2.64. The number of halogens is 1. The minimum absolute atomic E-state index is 0. The van der Waals surface area contributed by atoms with Crippen LogP contribution in [0.2, 0.25) is 0 Å². The first-order valence-corrected chi connectivity index (χ1v) is 17.6. The van der Waals surface area contributed by atoms with Crippen LogP contribution in [0, 0.1) is 17.3 Å². The van der Waals surface area contributed by atoms with Crippen LogP contribution >= 0.6 is 0 Å². The molecule has 1 N–H and O–H groups in total. The second kappa shape index (κ2) is 14.2. The molecule has 11 heteroatoms. The molecule has 1 amide bonds. The van der Waals surface area contributed by atoms with Crippen LogP contribution in [0.1, 0.15) is 81.4 Å². The predicted molar refractivity (Wildman–Crippen MR) is 184 cm³/mol. The number of amides is 1. The van der Waals surface area contributed by atoms with E-state index in [2.05, 4.69) is 57.4 Å². The quantitative estimate of drug-likeness (QED) is 0.232. The van der Waals surface area contributed by atoms with Crippen LogP contribution in [0.15, 0.2) is 42.5 Å². The number of methoxy groups -OCH3 is 1. The maximum Gasteiger partial charge on any atom is 0.482 e. The number of hydrogen-bond donors (Lipinski definition) is 1. The second-order valence-corrected chi connectivity index (χ2v) is 16.5. The van der Waals surface area contributed by atoms with Crippen molar-refractivity contribution < 1.29 is 50.0 Å². The number of carbonyl (C=O) groups excluding carboxylic acids is 2. The molecule has 0 spiro atoms. The third-order valence-corrected chi connectivity index (χ3v) is 11.5. The Morgan fingerprint density at radius 1 is 1.04 bits per heavy atom. The molecule has 2 saturated heterocycles. The number of ether oxygens (including phenoxy) is 3. The molecule has 2 aliphatic heterocycles. The summed E-state index contributed by atoms with van der Waals surface area (Å²) in [6.45, 7) is 16.9. The molecule has 9 nitrogen and oxygen atoms in total. The fourth-order valence-electron chi connectivity index (χ4n) is 8.59. The SMILES string of the molecule is COc1c(CC(NC(=O)Cc2ccc(C[N+]3(C)CCOCC3)cc2)B2OC3CC4CC(C4(C)C)C3(C)O2)cccc1C(=O)OC(C)(C)C.[Cl-]. The molecule has 5 fully saturated rings. The summed E-state index contributed by atoms with van der Waals surface area (Å²) in [5, 5.41) is 3.28. The van der Waals surface area contributed by atoms with Crippen LogP contribution in [0.3, 0.4) is 0 Å². The molecule has 268 valence electrons. The van der Waals surface area contributed by atoms with E-state index in [-0.39, 0.29) is 36.3 Å². The van der Waals surface area contributed by atoms with Crippen LogP contribution < -0.4 is 22.5 Å². The Balaban J connectivity index is 0.00000468. The van der Waals surface area contributed by atoms with Gasteiger partial charge in [-0.15, -0.1) is 0 Å². The number of nitrogens with one attached hydrogen (secondary N) is 1. The number of quaternary nitrogens is 1. The van der Waals surface area contributed by atoms with Crippen molar-refractivity contribution >= 4 is 19.0 Å². The number of carbonyl (C=O) groups is 2. The summed E-state index contributed by atoms with van der Waals surface area (Å²) in [6, 6.07) is 13.8. The van der Waals surface area contributed by atoms with E-state index in [4.69, 9.17) is 23.5 Å². The molecule has 7 rings (SSSR count). The van der Waals surface area contributed by atoms with Gasteiger partial charge in [-0.1, -0.05) is 50.2 Å². The van der Waals surface area contributed by atoms with Crippen molar-refractivity contribution in [3.05, 3.63) is 64.7 Å². The Labute approximate surface area is 298 Å². The van der Waals surface area contributed by atoms with E-state index in [9.17, 15) is 9.59 Å². The van der Waals surface area contributed by atoms with Crippen molar-refractivity contribution in [1.29, 1.82) is 0 Å². The van der Waals surface area contributed by atoms with Crippen LogP contribution in [-0.4, -0.2) is 87.2 Å². The zero-order valence-electron chi connectivity index (χ0n) is 30.5. The molecule has 2 aromatic carbocycles. The Kier molecular flexibility index (Phi) is 10.9. The predicted octanol–water partition coefficient (Wildman–Crippen LogP) is 2.17. The van der Waals surface area contributed by atoms with E-state index >= 15 is 0 Å². The summed E-state index contributed by atoms with van der Waals surface area (Å²) in [4.78, 5) is 26.9. The average molecular weight is 697 g/mol. The van der Waals surface area contributed by atoms with Crippen molar-refractivity contribution in [1.82, 2.24) is 5.32 Å². The summed E-state index contributed by atoms with van der Waals surface area (Å²) < 4.78 is 31.6. The maximum absolute atomic E-state index is 13.7. The molecule has 0 aromatic heterocycles. The van der Waals surface area contributed by atoms with Crippen LogP contribution in [-0.2, 0) is 43.0 Å². The first-order chi connectivity index (χ1) is 22.6. The fraction of sp³-hybridized carbons (Fsp3) is 0.632. The summed E-state index contributed by atoms with van der Waals surface area (Å²) in [7, 11) is 3.18. The van der Waals surface area contributed by atoms with Gasteiger partial charge in [-0.2, -0.15) is 0 Å². The summed E-state index contributed by atoms with van der Waals surface area (Å²) in [6.07, 6.45) is 2.65. The van der Waals surface area contributed by atoms with E-state index in [0.717, 1.165) is 61.3 Å². The highest BCUT2D eigenvalue weighted by Gasteiger charge is 2.68. The summed E-state index contributed by atoms with van der Waals surface area (Å²) in [5.74, 6) is 0.358. The lowest BCUT2D eigenvalue weighted by molar-refractivity contribution is -0.929. The molecule has 2 aromatic rings. The van der Waals surface area contributed by atoms with Crippen molar-refractivity contribution in [3.8, 4) is 5.75 Å². The van der Waals surface area contributed by atoms with Gasteiger partial charge in [0.25, 0.3) is 0 Å². The Bertz CT molecular complexity index is 1510. The number of morpholine rings is 1. The monoisotopic (exact) mass is 696 g/mol. The third-order valence-electron chi connectivity index (χ3n) is 11.5. The molecule has 5 aliphatic rings. The van der Waals surface area contributed by atoms with Gasteiger partial charge >= 0.3 is 13.1 Å². The van der Waals surface area contributed by atoms with Crippen LogP contribution in [0.5, 0.6) is 5.75 Å². The average Bonchev–Trinajstić information content (AvgIpc) is 3.38. The van der Waals surface area contributed by atoms with Gasteiger partial charge in [-0.25, -0.2) is 4.79 Å². The topological polar surface area (TPSA) is 92.3 Å². The zero-order valence-corrected chi connectivity index (χ0v) is 31.2. The lowest BCUT2D eigenvalue weighted by Crippen LogP contribution is -3.00. The minimum Gasteiger partial charge on any atom is -1.00 e. The van der Waals surface area contributed by atoms with Crippen molar-refractivity contribution in [2.75, 3.05) is 40.5 Å². The maximum atomic E-state index is 13.7. The van der Waals surface area contributed by atoms with E-state index < -0.39 is 30.2 Å². The number of para-hydroxylation sites is 1. The molecular weight excluding hydrogens is 643 g/mol. The highest BCUT2D eigenvalue weighted by Crippen LogP contribution is 2.65. The normalized spacial score (nSPS) is 27.2. The lowest BCUT2D eigenvalue weighted by atomic mass is 9.43. The van der Waals surface area contributed by atoms with Gasteiger partial charge in [0.2, 0.25) is 5.91 Å². The van der Waals surface area contributed by atoms with Crippen molar-refractivity contribution in [2.45, 2.75) is 97.0 Å². The van der Waals surface area contributed by atoms with Crippen molar-refractivity contribution in [3.63, 3.8) is 0 Å². The fourth-order valence-corrected chi connectivity index (χ4v) is 8.59. The molecule has 3 aliphatic carbocycles. The molecule has 2 bridgehead atoms. The number of hydrogen-bond acceptors (Lipinski definition) is 7. The first kappa shape index (κ1) is 37.6. The first-order valence-electron chi connectivity index (χ1n) is 17.6. The van der Waals surface area contributed by atoms with Crippen LogP contribution in [0.25, 0.3) is 0 Å². The van der Waals surface area contributed by atoms with Gasteiger partial charge in [-0.05, 0) is 81.4 Å². The van der Waals surface area contributed by atoms with Gasteiger partial charge in [0.1, 0.15) is 36.5 Å². The van der Waals surface area contributed by atoms with Gasteiger partial charge in [0.05, 0.1) is 51.4 Å². The van der Waals surface area contributed by atoms with E-state index in [1.54, 1.807) is 13.2 Å². The number of rotatable bonds is 10. The Hall–Kier alpha value is -2.63. The highest BCUT2D eigenvalue weighted by molar-refractivity contribution is 6.48. The summed E-state index contributed by atoms with van der Waals surface area (Å²) >= 11 is 0. The number of esters is 1. The standard InChI is InChI=1S/C38H53BN2O7.ClH/c1-36(2,3)46-35(43)29-11-9-10-27(34(29)44-8)21-32(39-47-31-23-28-22-30(37(28,4)5)38(31,6)48-39)40-33(42)20-25-12-14-26(15-13-25)24-41(7)16-18-45-19-17-41;/h9-15,28,30-32H,16-24H2,1-8H3;1H. The minimum atomic E-state index is -0.652. The van der Waals surface area contributed by atoms with Gasteiger partial charge in [-0.3, -0.25) is 4.79 Å². The van der Waals surface area contributed by atoms with Crippen LogP contribution in [0.4, 0.5) is 0 Å². The van der Waals surface area contributed by atoms with Crippen molar-refractivity contribution in [2.24, 2.45) is 17.3 Å². The molecule has 3 saturated carbocycles. The van der Waals surface area contributed by atoms with E-state index in [1.807, 2.05) is 32.9 Å². The molecule has 0 radical (unpaired) electrons. The Morgan fingerprint density at radius 2 is 1.71 bits per heavy atom. The Morgan fingerprint density at radius 3 is 2.35 bits per heavy atom. The van der Waals surface area contributed by atoms with Gasteiger partial charge in [0.15, 0.2) is 0 Å². The van der Waals surface area contributed by atoms with Gasteiger partial charge in [0, 0.05) is 5.56 Å². The zero-order chi connectivity index (χ0) is 34.5. The molecule has 5 atom stereocenters. The molecular formula is C38H54BClN2O7. The van der Waals surface area contributed by atoms with E-state index in [1.165, 1.54) is 5.56 Å². The van der Waals surface area contributed by atoms with Gasteiger partial charge < -0.3 is 45.7 Å². The largest absolute Gasteiger partial charge is 1.00 e. The molecule has 5 unspecified atom stereocenters. The van der Waals surface area contributed by atoms with E-state index in [0.29, 0.717) is 29.6 Å². The number of nitrogens with zero attached hydrogens (tertiary/aromatic N) is 1. The third kappa shape index (κ3) is 7.84. The molecule has 49 heavy (non-hydrogen) atoms. The highest BCUT2D eigenvalue weighted by atomic mass is 35.5. The summed E-state index contributed by atoms with van der Waals surface area (Å²) in [5.41, 5.74) is 2.43.